The van der Waals surface area contributed by atoms with Crippen LogP contribution in [0.3, 0.4) is 0 Å². The summed E-state index contributed by atoms with van der Waals surface area (Å²) in [5, 5.41) is 2.84. The highest BCUT2D eigenvalue weighted by Gasteiger charge is 2.22. The number of amides is 1. The van der Waals surface area contributed by atoms with Gasteiger partial charge in [0.05, 0.1) is 5.69 Å². The van der Waals surface area contributed by atoms with Crippen LogP contribution in [0.4, 0.5) is 5.13 Å². The second-order valence-electron chi connectivity index (χ2n) is 8.24. The molecule has 1 amide bonds. The van der Waals surface area contributed by atoms with Crippen molar-refractivity contribution in [1.82, 2.24) is 4.98 Å². The van der Waals surface area contributed by atoms with Crippen LogP contribution >= 0.6 is 11.3 Å². The molecular weight excluding hydrogens is 388 g/mol. The smallest absolute Gasteiger partial charge is 0.260 e. The normalized spacial score (nSPS) is 14.6. The molecule has 1 aromatic heterocycles. The molecule has 1 aliphatic rings. The van der Waals surface area contributed by atoms with E-state index in [-0.39, 0.29) is 5.91 Å². The van der Waals surface area contributed by atoms with Crippen LogP contribution in [0.15, 0.2) is 53.9 Å². The molecule has 4 heteroatoms. The molecule has 0 spiro atoms. The Morgan fingerprint density at radius 3 is 2.50 bits per heavy atom. The number of nitrogens with zero attached hydrogens (tertiary/aromatic N) is 2. The summed E-state index contributed by atoms with van der Waals surface area (Å²) >= 11 is 1.55. The number of benzene rings is 2. The maximum Gasteiger partial charge on any atom is 0.260 e. The lowest BCUT2D eigenvalue weighted by molar-refractivity contribution is 0.0986. The third kappa shape index (κ3) is 4.49. The lowest BCUT2D eigenvalue weighted by atomic mass is 9.84. The van der Waals surface area contributed by atoms with Crippen molar-refractivity contribution in [3.63, 3.8) is 0 Å². The Balaban J connectivity index is 1.55. The molecule has 0 aliphatic heterocycles. The Bertz CT molecular complexity index is 986. The van der Waals surface area contributed by atoms with Crippen molar-refractivity contribution in [3.8, 4) is 11.3 Å². The van der Waals surface area contributed by atoms with Gasteiger partial charge in [-0.25, -0.2) is 4.98 Å². The molecule has 1 aliphatic carbocycles. The number of aromatic nitrogens is 1. The summed E-state index contributed by atoms with van der Waals surface area (Å²) in [6, 6.07) is 16.7. The van der Waals surface area contributed by atoms with Crippen LogP contribution in [0.1, 0.15) is 72.9 Å². The van der Waals surface area contributed by atoms with E-state index in [0.29, 0.717) is 12.5 Å². The highest BCUT2D eigenvalue weighted by molar-refractivity contribution is 7.14. The fraction of sp³-hybridized carbons (Fsp3) is 0.385. The van der Waals surface area contributed by atoms with Crippen molar-refractivity contribution in [1.29, 1.82) is 0 Å². The third-order valence-electron chi connectivity index (χ3n) is 6.07. The molecule has 3 aromatic rings. The second kappa shape index (κ2) is 9.57. The van der Waals surface area contributed by atoms with E-state index < -0.39 is 0 Å². The minimum Gasteiger partial charge on any atom is -0.284 e. The fourth-order valence-electron chi connectivity index (χ4n) is 4.35. The molecule has 1 saturated carbocycles. The number of thiazole rings is 1. The Kier molecular flexibility index (Phi) is 6.63. The monoisotopic (exact) mass is 418 g/mol. The zero-order valence-electron chi connectivity index (χ0n) is 17.9. The predicted octanol–water partition coefficient (Wildman–Crippen LogP) is 7.22. The van der Waals surface area contributed by atoms with Crippen LogP contribution in [-0.2, 0) is 0 Å². The van der Waals surface area contributed by atoms with Crippen LogP contribution < -0.4 is 4.90 Å². The molecule has 3 nitrogen and oxygen atoms in total. The summed E-state index contributed by atoms with van der Waals surface area (Å²) in [6.45, 7) is 4.75. The first-order chi connectivity index (χ1) is 14.7. The van der Waals surface area contributed by atoms with Gasteiger partial charge in [0.15, 0.2) is 5.13 Å². The topological polar surface area (TPSA) is 33.2 Å². The minimum atomic E-state index is 0.0310. The van der Waals surface area contributed by atoms with Crippen molar-refractivity contribution in [2.75, 3.05) is 11.4 Å². The average molecular weight is 419 g/mol. The Morgan fingerprint density at radius 1 is 1.07 bits per heavy atom. The van der Waals surface area contributed by atoms with Gasteiger partial charge >= 0.3 is 0 Å². The quantitative estimate of drug-likeness (QED) is 0.423. The number of carbonyl (C=O) groups excluding carboxylic acids is 1. The van der Waals surface area contributed by atoms with Crippen LogP contribution in [0.25, 0.3) is 11.3 Å². The lowest BCUT2D eigenvalue weighted by Crippen LogP contribution is -2.32. The molecule has 4 rings (SSSR count). The van der Waals surface area contributed by atoms with Gasteiger partial charge in [0.2, 0.25) is 0 Å². The highest BCUT2D eigenvalue weighted by Crippen LogP contribution is 2.34. The van der Waals surface area contributed by atoms with Gasteiger partial charge in [-0.2, -0.15) is 0 Å². The first-order valence-corrected chi connectivity index (χ1v) is 12.0. The molecule has 30 heavy (non-hydrogen) atoms. The Labute approximate surface area is 183 Å². The molecule has 0 N–H and O–H groups in total. The zero-order chi connectivity index (χ0) is 20.9. The number of carbonyl (C=O) groups is 1. The largest absolute Gasteiger partial charge is 0.284 e. The zero-order valence-corrected chi connectivity index (χ0v) is 18.8. The van der Waals surface area contributed by atoms with E-state index in [4.69, 9.17) is 4.98 Å². The molecule has 0 unspecified atom stereocenters. The second-order valence-corrected chi connectivity index (χ2v) is 9.08. The summed E-state index contributed by atoms with van der Waals surface area (Å²) < 4.78 is 0. The molecule has 0 saturated heterocycles. The van der Waals surface area contributed by atoms with E-state index in [1.54, 1.807) is 11.3 Å². The van der Waals surface area contributed by atoms with E-state index in [1.807, 2.05) is 36.1 Å². The third-order valence-corrected chi connectivity index (χ3v) is 6.94. The van der Waals surface area contributed by atoms with Gasteiger partial charge in [0, 0.05) is 23.1 Å². The Morgan fingerprint density at radius 2 is 1.80 bits per heavy atom. The van der Waals surface area contributed by atoms with Crippen molar-refractivity contribution < 1.29 is 4.79 Å². The molecule has 2 aromatic carbocycles. The first-order valence-electron chi connectivity index (χ1n) is 11.1. The average Bonchev–Trinajstić information content (AvgIpc) is 3.28. The SMILES string of the molecule is CCCN(C(=O)c1ccccc1C)c1nc(-c2ccc(C3CCCCC3)cc2)cs1. The van der Waals surface area contributed by atoms with Crippen molar-refractivity contribution in [2.24, 2.45) is 0 Å². The number of aryl methyl sites for hydroxylation is 1. The van der Waals surface area contributed by atoms with Crippen molar-refractivity contribution in [2.45, 2.75) is 58.3 Å². The highest BCUT2D eigenvalue weighted by atomic mass is 32.1. The van der Waals surface area contributed by atoms with Gasteiger partial charge < -0.3 is 0 Å². The minimum absolute atomic E-state index is 0.0310. The van der Waals surface area contributed by atoms with E-state index in [2.05, 4.69) is 36.6 Å². The van der Waals surface area contributed by atoms with E-state index in [9.17, 15) is 4.79 Å². The van der Waals surface area contributed by atoms with Crippen LogP contribution in [0.2, 0.25) is 0 Å². The maximum atomic E-state index is 13.2. The standard InChI is InChI=1S/C26H30N2OS/c1-3-17-28(25(29)23-12-8-7-9-19(23)2)26-27-24(18-30-26)22-15-13-21(14-16-22)20-10-5-4-6-11-20/h7-9,12-16,18,20H,3-6,10-11,17H2,1-2H3. The first kappa shape index (κ1) is 20.8. The van der Waals surface area contributed by atoms with E-state index in [0.717, 1.165) is 33.9 Å². The number of anilines is 1. The molecular formula is C26H30N2OS. The number of hydrogen-bond acceptors (Lipinski definition) is 3. The van der Waals surface area contributed by atoms with Crippen LogP contribution in [0.5, 0.6) is 0 Å². The van der Waals surface area contributed by atoms with Crippen molar-refractivity contribution in [3.05, 3.63) is 70.6 Å². The summed E-state index contributed by atoms with van der Waals surface area (Å²) in [5.74, 6) is 0.745. The van der Waals surface area contributed by atoms with Gasteiger partial charge in [0.25, 0.3) is 5.91 Å². The van der Waals surface area contributed by atoms with Crippen LogP contribution in [0, 0.1) is 6.92 Å². The maximum absolute atomic E-state index is 13.2. The number of rotatable bonds is 6. The van der Waals surface area contributed by atoms with Gasteiger partial charge in [-0.15, -0.1) is 11.3 Å². The van der Waals surface area contributed by atoms with E-state index in [1.165, 1.54) is 37.7 Å². The van der Waals surface area contributed by atoms with Gasteiger partial charge in [0.1, 0.15) is 0 Å². The summed E-state index contributed by atoms with van der Waals surface area (Å²) in [4.78, 5) is 19.9. The van der Waals surface area contributed by atoms with E-state index >= 15 is 0 Å². The predicted molar refractivity (Wildman–Crippen MR) is 127 cm³/mol. The van der Waals surface area contributed by atoms with Crippen LogP contribution in [-0.4, -0.2) is 17.4 Å². The van der Waals surface area contributed by atoms with Gasteiger partial charge in [-0.05, 0) is 49.3 Å². The molecule has 1 heterocycles. The lowest BCUT2D eigenvalue weighted by Gasteiger charge is -2.22. The fourth-order valence-corrected chi connectivity index (χ4v) is 5.21. The van der Waals surface area contributed by atoms with Gasteiger partial charge in [-0.3, -0.25) is 9.69 Å². The molecule has 156 valence electrons. The Hall–Kier alpha value is -2.46. The van der Waals surface area contributed by atoms with Gasteiger partial charge in [-0.1, -0.05) is 68.7 Å². The van der Waals surface area contributed by atoms with Crippen molar-refractivity contribution >= 4 is 22.4 Å². The summed E-state index contributed by atoms with van der Waals surface area (Å²) in [5.41, 5.74) is 5.27. The molecule has 0 radical (unpaired) electrons. The summed E-state index contributed by atoms with van der Waals surface area (Å²) in [7, 11) is 0. The molecule has 0 atom stereocenters. The molecule has 1 fully saturated rings. The summed E-state index contributed by atoms with van der Waals surface area (Å²) in [6.07, 6.45) is 7.60. The molecule has 0 bridgehead atoms. The number of hydrogen-bond donors (Lipinski definition) is 0.